The topological polar surface area (TPSA) is 154 Å². The molecule has 1 amide bonds. The van der Waals surface area contributed by atoms with Crippen LogP contribution in [-0.2, 0) is 9.59 Å². The Morgan fingerprint density at radius 3 is 2.47 bits per heavy atom. The van der Waals surface area contributed by atoms with Crippen LogP contribution in [0, 0.1) is 0 Å². The number of carbonyl (C=O) groups is 2. The van der Waals surface area contributed by atoms with Crippen molar-refractivity contribution in [1.82, 2.24) is 14.9 Å². The highest BCUT2D eigenvalue weighted by molar-refractivity contribution is 5.81. The summed E-state index contributed by atoms with van der Waals surface area (Å²) >= 11 is 0. The van der Waals surface area contributed by atoms with Gasteiger partial charge in [0.2, 0.25) is 11.8 Å². The average Bonchev–Trinajstić information content (AvgIpc) is 3.22. The van der Waals surface area contributed by atoms with E-state index < -0.39 is 23.1 Å². The number of allylic oxidation sites excluding steroid dienone is 1. The number of carboxylic acids is 1. The molecule has 0 aliphatic carbocycles. The first-order chi connectivity index (χ1) is 18.2. The molecule has 1 aliphatic heterocycles. The van der Waals surface area contributed by atoms with Gasteiger partial charge in [0, 0.05) is 18.2 Å². The minimum Gasteiger partial charge on any atom is -0.494 e. The van der Waals surface area contributed by atoms with E-state index in [1.807, 2.05) is 50.2 Å². The number of fused-ring (bicyclic) bond motifs is 1. The lowest BCUT2D eigenvalue weighted by atomic mass is 10.0. The van der Waals surface area contributed by atoms with Crippen LogP contribution in [0.1, 0.15) is 50.2 Å². The van der Waals surface area contributed by atoms with Crippen LogP contribution in [0.4, 0.5) is 0 Å². The van der Waals surface area contributed by atoms with Crippen molar-refractivity contribution in [3.63, 3.8) is 0 Å². The van der Waals surface area contributed by atoms with Gasteiger partial charge in [-0.2, -0.15) is 0 Å². The van der Waals surface area contributed by atoms with Crippen molar-refractivity contribution in [2.45, 2.75) is 39.0 Å². The fraction of sp³-hybridized carbons (Fsp3) is 0.250. The van der Waals surface area contributed by atoms with Gasteiger partial charge in [0.25, 0.3) is 5.56 Å². The predicted molar refractivity (Wildman–Crippen MR) is 142 cm³/mol. The zero-order chi connectivity index (χ0) is 27.4. The van der Waals surface area contributed by atoms with Gasteiger partial charge in [-0.1, -0.05) is 44.2 Å². The molecule has 1 aliphatic rings. The highest BCUT2D eigenvalue weighted by atomic mass is 16.4. The molecule has 4 N–H and O–H groups in total. The Balaban J connectivity index is 1.71. The number of aromatic nitrogens is 2. The van der Waals surface area contributed by atoms with Crippen molar-refractivity contribution in [1.29, 1.82) is 0 Å². The maximum atomic E-state index is 12.8. The predicted octanol–water partition coefficient (Wildman–Crippen LogP) is 1.55. The number of benzene rings is 2. The number of nitrogens with zero attached hydrogens (tertiary/aromatic N) is 2. The van der Waals surface area contributed by atoms with Gasteiger partial charge >= 0.3 is 11.7 Å². The molecule has 3 aromatic rings. The third-order valence-corrected chi connectivity index (χ3v) is 6.26. The largest absolute Gasteiger partial charge is 0.494 e. The molecule has 196 valence electrons. The molecule has 1 aromatic heterocycles. The lowest BCUT2D eigenvalue weighted by molar-refractivity contribution is -0.138. The first kappa shape index (κ1) is 26.3. The maximum absolute atomic E-state index is 12.8. The molecule has 0 spiro atoms. The molecule has 10 nitrogen and oxygen atoms in total. The van der Waals surface area contributed by atoms with Crippen LogP contribution in [0.2, 0.25) is 0 Å². The Bertz CT molecular complexity index is 1660. The fourth-order valence-corrected chi connectivity index (χ4v) is 4.23. The first-order valence-corrected chi connectivity index (χ1v) is 12.2. The second-order valence-corrected chi connectivity index (χ2v) is 9.21. The number of aromatic amines is 1. The molecule has 10 heteroatoms. The van der Waals surface area contributed by atoms with Crippen LogP contribution in [0.15, 0.2) is 68.8 Å². The Kier molecular flexibility index (Phi) is 7.71. The summed E-state index contributed by atoms with van der Waals surface area (Å²) in [5.74, 6) is -1.67. The number of amides is 1. The first-order valence-electron chi connectivity index (χ1n) is 12.2. The number of hydrogen-bond donors (Lipinski definition) is 4. The third kappa shape index (κ3) is 5.64. The molecular formula is C28H28N4O6. The lowest BCUT2D eigenvalue weighted by Crippen LogP contribution is -2.30. The molecule has 2 aromatic carbocycles. The van der Waals surface area contributed by atoms with Crippen LogP contribution in [-0.4, -0.2) is 38.2 Å². The lowest BCUT2D eigenvalue weighted by Gasteiger charge is -2.12. The summed E-state index contributed by atoms with van der Waals surface area (Å²) < 4.78 is 1.03. The molecular weight excluding hydrogens is 488 g/mol. The number of aromatic hydroxyl groups is 1. The Morgan fingerprint density at radius 1 is 1.08 bits per heavy atom. The quantitative estimate of drug-likeness (QED) is 0.338. The molecule has 0 radical (unpaired) electrons. The van der Waals surface area contributed by atoms with Crippen LogP contribution in [0.3, 0.4) is 0 Å². The Morgan fingerprint density at radius 2 is 1.79 bits per heavy atom. The molecule has 0 atom stereocenters. The molecule has 0 fully saturated rings. The van der Waals surface area contributed by atoms with Gasteiger partial charge in [-0.25, -0.2) is 14.4 Å². The van der Waals surface area contributed by atoms with Crippen LogP contribution < -0.4 is 27.1 Å². The number of carboxylic acid groups (broad SMARTS) is 1. The highest BCUT2D eigenvalue weighted by Crippen LogP contribution is 2.25. The van der Waals surface area contributed by atoms with E-state index >= 15 is 0 Å². The molecule has 0 unspecified atom stereocenters. The number of para-hydroxylation sites is 1. The van der Waals surface area contributed by atoms with Gasteiger partial charge < -0.3 is 15.5 Å². The SMILES string of the molecule is CC(C)c1ccc(-n2c(O)c(/C=C3\N=c4ccccc4=C3CCNC(=O)CCC(=O)O)c(=O)[nH]c2=O)cc1. The number of carbonyl (C=O) groups excluding carboxylic acids is 1. The van der Waals surface area contributed by atoms with E-state index in [1.165, 1.54) is 6.08 Å². The molecule has 4 rings (SSSR count). The monoisotopic (exact) mass is 516 g/mol. The van der Waals surface area contributed by atoms with E-state index in [2.05, 4.69) is 15.3 Å². The van der Waals surface area contributed by atoms with E-state index in [9.17, 15) is 24.3 Å². The van der Waals surface area contributed by atoms with Crippen molar-refractivity contribution in [2.75, 3.05) is 6.54 Å². The van der Waals surface area contributed by atoms with Gasteiger partial charge in [-0.15, -0.1) is 0 Å². The summed E-state index contributed by atoms with van der Waals surface area (Å²) in [7, 11) is 0. The van der Waals surface area contributed by atoms with Crippen molar-refractivity contribution < 1.29 is 19.8 Å². The van der Waals surface area contributed by atoms with Crippen LogP contribution >= 0.6 is 0 Å². The van der Waals surface area contributed by atoms with E-state index in [4.69, 9.17) is 5.11 Å². The van der Waals surface area contributed by atoms with Crippen LogP contribution in [0.25, 0.3) is 17.3 Å². The number of hydrogen-bond acceptors (Lipinski definition) is 6. The van der Waals surface area contributed by atoms with Gasteiger partial charge in [0.15, 0.2) is 0 Å². The maximum Gasteiger partial charge on any atom is 0.335 e. The normalized spacial score (nSPS) is 13.4. The summed E-state index contributed by atoms with van der Waals surface area (Å²) in [6, 6.07) is 14.4. The fourth-order valence-electron chi connectivity index (χ4n) is 4.23. The second-order valence-electron chi connectivity index (χ2n) is 9.21. The van der Waals surface area contributed by atoms with Gasteiger partial charge in [0.1, 0.15) is 5.56 Å². The summed E-state index contributed by atoms with van der Waals surface area (Å²) in [5.41, 5.74) is 0.934. The number of nitrogens with one attached hydrogen (secondary N) is 2. The van der Waals surface area contributed by atoms with E-state index in [-0.39, 0.29) is 36.8 Å². The van der Waals surface area contributed by atoms with Gasteiger partial charge in [-0.05, 0) is 47.8 Å². The summed E-state index contributed by atoms with van der Waals surface area (Å²) in [4.78, 5) is 54.9. The third-order valence-electron chi connectivity index (χ3n) is 6.26. The molecule has 38 heavy (non-hydrogen) atoms. The van der Waals surface area contributed by atoms with Crippen molar-refractivity contribution in [2.24, 2.45) is 4.99 Å². The zero-order valence-electron chi connectivity index (χ0n) is 21.0. The summed E-state index contributed by atoms with van der Waals surface area (Å²) in [6.45, 7) is 4.31. The number of H-pyrrole nitrogens is 1. The minimum atomic E-state index is -1.05. The van der Waals surface area contributed by atoms with Crippen LogP contribution in [0.5, 0.6) is 5.88 Å². The summed E-state index contributed by atoms with van der Waals surface area (Å²) in [5, 5.41) is 24.0. The average molecular weight is 517 g/mol. The molecule has 0 saturated carbocycles. The van der Waals surface area contributed by atoms with Crippen molar-refractivity contribution in [3.8, 4) is 11.6 Å². The molecule has 2 heterocycles. The molecule has 0 saturated heterocycles. The number of rotatable bonds is 9. The minimum absolute atomic E-state index is 0.128. The van der Waals surface area contributed by atoms with Gasteiger partial charge in [0.05, 0.1) is 23.2 Å². The summed E-state index contributed by atoms with van der Waals surface area (Å²) in [6.07, 6.45) is 1.38. The smallest absolute Gasteiger partial charge is 0.335 e. The van der Waals surface area contributed by atoms with Gasteiger partial charge in [-0.3, -0.25) is 19.4 Å². The highest BCUT2D eigenvalue weighted by Gasteiger charge is 2.19. The Hall–Kier alpha value is -4.73. The van der Waals surface area contributed by atoms with E-state index in [0.29, 0.717) is 23.2 Å². The standard InChI is InChI=1S/C28H28N4O6/c1-16(2)17-7-9-18(10-8-17)32-27(37)21(26(36)31-28(32)38)15-23-20(19-5-3-4-6-22(19)30-23)13-14-29-24(33)11-12-25(34)35/h3-10,15-16,37H,11-14H2,1-2H3,(H,29,33)(H,34,35)(H,31,36,38)/b23-15-. The van der Waals surface area contributed by atoms with E-state index in [1.54, 1.807) is 12.1 Å². The second kappa shape index (κ2) is 11.1. The van der Waals surface area contributed by atoms with E-state index in [0.717, 1.165) is 20.9 Å². The molecule has 0 bridgehead atoms. The number of aliphatic carboxylic acids is 1. The van der Waals surface area contributed by atoms with Crippen molar-refractivity contribution in [3.05, 3.63) is 96.8 Å². The zero-order valence-corrected chi connectivity index (χ0v) is 21.0. The Labute approximate surface area is 217 Å². The van der Waals surface area contributed by atoms with Crippen molar-refractivity contribution >= 4 is 23.5 Å².